The lowest BCUT2D eigenvalue weighted by molar-refractivity contribution is -0.117. The Morgan fingerprint density at radius 1 is 1.20 bits per heavy atom. The Hall–Kier alpha value is -1.84. The molecule has 0 spiro atoms. The van der Waals surface area contributed by atoms with Crippen LogP contribution in [-0.2, 0) is 4.79 Å². The maximum Gasteiger partial charge on any atom is 0.251 e. The fraction of sp³-hybridized carbons (Fsp3) is 0.500. The molecule has 1 aromatic rings. The van der Waals surface area contributed by atoms with Crippen molar-refractivity contribution in [1.82, 2.24) is 5.32 Å². The molecule has 2 rings (SSSR count). The van der Waals surface area contributed by atoms with Gasteiger partial charge < -0.3 is 10.6 Å². The molecule has 4 heteroatoms. The highest BCUT2D eigenvalue weighted by Crippen LogP contribution is 2.30. The van der Waals surface area contributed by atoms with Crippen molar-refractivity contribution in [3.8, 4) is 0 Å². The number of benzene rings is 1. The van der Waals surface area contributed by atoms with E-state index in [9.17, 15) is 9.59 Å². The topological polar surface area (TPSA) is 58.2 Å². The van der Waals surface area contributed by atoms with Crippen molar-refractivity contribution >= 4 is 17.5 Å². The zero-order valence-corrected chi connectivity index (χ0v) is 12.3. The summed E-state index contributed by atoms with van der Waals surface area (Å²) in [4.78, 5) is 23.7. The lowest BCUT2D eigenvalue weighted by atomic mass is 10.0. The van der Waals surface area contributed by atoms with Gasteiger partial charge in [0.2, 0.25) is 5.91 Å². The maximum absolute atomic E-state index is 12.1. The molecule has 0 saturated heterocycles. The number of hydrogen-bond donors (Lipinski definition) is 2. The lowest BCUT2D eigenvalue weighted by Crippen LogP contribution is -2.42. The van der Waals surface area contributed by atoms with E-state index >= 15 is 0 Å². The molecule has 2 amide bonds. The van der Waals surface area contributed by atoms with E-state index in [1.165, 1.54) is 0 Å². The summed E-state index contributed by atoms with van der Waals surface area (Å²) < 4.78 is 0. The number of anilines is 1. The van der Waals surface area contributed by atoms with E-state index in [2.05, 4.69) is 10.6 Å². The minimum atomic E-state index is -0.212. The van der Waals surface area contributed by atoms with Gasteiger partial charge in [-0.25, -0.2) is 0 Å². The van der Waals surface area contributed by atoms with Crippen LogP contribution in [0.15, 0.2) is 24.3 Å². The van der Waals surface area contributed by atoms with Crippen LogP contribution in [0.4, 0.5) is 5.69 Å². The third-order valence-corrected chi connectivity index (χ3v) is 3.70. The van der Waals surface area contributed by atoms with Gasteiger partial charge >= 0.3 is 0 Å². The fourth-order valence-corrected chi connectivity index (χ4v) is 1.76. The fourth-order valence-electron chi connectivity index (χ4n) is 1.76. The van der Waals surface area contributed by atoms with Crippen LogP contribution in [0.1, 0.15) is 50.4 Å². The molecular weight excluding hydrogens is 252 g/mol. The van der Waals surface area contributed by atoms with E-state index in [-0.39, 0.29) is 23.3 Å². The molecule has 108 valence electrons. The maximum atomic E-state index is 12.1. The van der Waals surface area contributed by atoms with Crippen LogP contribution < -0.4 is 10.6 Å². The van der Waals surface area contributed by atoms with E-state index in [0.717, 1.165) is 24.9 Å². The second-order valence-electron chi connectivity index (χ2n) is 6.03. The highest BCUT2D eigenvalue weighted by Gasteiger charge is 2.29. The first-order valence-electron chi connectivity index (χ1n) is 7.15. The van der Waals surface area contributed by atoms with E-state index in [1.807, 2.05) is 20.8 Å². The highest BCUT2D eigenvalue weighted by molar-refractivity contribution is 5.97. The van der Waals surface area contributed by atoms with Crippen LogP contribution in [0.3, 0.4) is 0 Å². The second kappa shape index (κ2) is 5.65. The number of nitrogens with one attached hydrogen (secondary N) is 2. The van der Waals surface area contributed by atoms with Gasteiger partial charge in [0.25, 0.3) is 5.91 Å². The Bertz CT molecular complexity index is 502. The molecule has 4 nitrogen and oxygen atoms in total. The second-order valence-corrected chi connectivity index (χ2v) is 6.03. The minimum absolute atomic E-state index is 0.0781. The average molecular weight is 274 g/mol. The van der Waals surface area contributed by atoms with Gasteiger partial charge in [-0.05, 0) is 57.4 Å². The summed E-state index contributed by atoms with van der Waals surface area (Å²) >= 11 is 0. The van der Waals surface area contributed by atoms with Gasteiger partial charge in [-0.15, -0.1) is 0 Å². The molecule has 0 bridgehead atoms. The van der Waals surface area contributed by atoms with Crippen LogP contribution in [0.2, 0.25) is 0 Å². The van der Waals surface area contributed by atoms with Crippen molar-refractivity contribution < 1.29 is 9.59 Å². The predicted octanol–water partition coefficient (Wildman–Crippen LogP) is 2.95. The molecule has 0 aliphatic heterocycles. The molecule has 1 aliphatic rings. The number of hydrogen-bond acceptors (Lipinski definition) is 2. The smallest absolute Gasteiger partial charge is 0.251 e. The summed E-state index contributed by atoms with van der Waals surface area (Å²) in [7, 11) is 0. The number of amides is 2. The van der Waals surface area contributed by atoms with Gasteiger partial charge in [0.1, 0.15) is 0 Å². The quantitative estimate of drug-likeness (QED) is 0.867. The molecule has 2 N–H and O–H groups in total. The van der Waals surface area contributed by atoms with Crippen LogP contribution >= 0.6 is 0 Å². The zero-order valence-electron chi connectivity index (χ0n) is 12.3. The summed E-state index contributed by atoms with van der Waals surface area (Å²) in [5.74, 6) is 0.176. The molecule has 0 atom stereocenters. The summed E-state index contributed by atoms with van der Waals surface area (Å²) in [5, 5.41) is 5.84. The molecule has 1 aliphatic carbocycles. The summed E-state index contributed by atoms with van der Waals surface area (Å²) in [6, 6.07) is 7.02. The van der Waals surface area contributed by atoms with Crippen molar-refractivity contribution in [2.45, 2.75) is 45.6 Å². The third-order valence-electron chi connectivity index (χ3n) is 3.70. The van der Waals surface area contributed by atoms with E-state index in [1.54, 1.807) is 24.3 Å². The molecule has 0 unspecified atom stereocenters. The summed E-state index contributed by atoms with van der Waals surface area (Å²) in [6.45, 7) is 6.03. The summed E-state index contributed by atoms with van der Waals surface area (Å²) in [5.41, 5.74) is 1.14. The van der Waals surface area contributed by atoms with Crippen molar-refractivity contribution in [3.63, 3.8) is 0 Å². The molecule has 0 heterocycles. The third kappa shape index (κ3) is 3.83. The van der Waals surface area contributed by atoms with Gasteiger partial charge in [0.15, 0.2) is 0 Å². The zero-order chi connectivity index (χ0) is 14.8. The van der Waals surface area contributed by atoms with Crippen molar-refractivity contribution in [2.75, 3.05) is 5.32 Å². The number of rotatable bonds is 5. The van der Waals surface area contributed by atoms with E-state index in [0.29, 0.717) is 5.56 Å². The number of carbonyl (C=O) groups excluding carboxylic acids is 2. The minimum Gasteiger partial charge on any atom is -0.347 e. The summed E-state index contributed by atoms with van der Waals surface area (Å²) in [6.07, 6.45) is 2.84. The van der Waals surface area contributed by atoms with Crippen molar-refractivity contribution in [3.05, 3.63) is 29.8 Å². The van der Waals surface area contributed by atoms with Gasteiger partial charge in [0.05, 0.1) is 0 Å². The first-order chi connectivity index (χ1) is 9.41. The first-order valence-corrected chi connectivity index (χ1v) is 7.15. The van der Waals surface area contributed by atoms with Gasteiger partial charge in [-0.3, -0.25) is 9.59 Å². The van der Waals surface area contributed by atoms with Gasteiger partial charge in [-0.2, -0.15) is 0 Å². The lowest BCUT2D eigenvalue weighted by Gasteiger charge is -2.24. The molecule has 0 radical (unpaired) electrons. The van der Waals surface area contributed by atoms with Crippen molar-refractivity contribution in [2.24, 2.45) is 5.92 Å². The van der Waals surface area contributed by atoms with Crippen LogP contribution in [0.5, 0.6) is 0 Å². The monoisotopic (exact) mass is 274 g/mol. The van der Waals surface area contributed by atoms with E-state index < -0.39 is 0 Å². The predicted molar refractivity (Wildman–Crippen MR) is 79.6 cm³/mol. The Labute approximate surface area is 119 Å². The Kier molecular flexibility index (Phi) is 4.12. The van der Waals surface area contributed by atoms with Gasteiger partial charge in [0, 0.05) is 22.7 Å². The molecule has 0 aromatic heterocycles. The largest absolute Gasteiger partial charge is 0.347 e. The Morgan fingerprint density at radius 2 is 1.80 bits per heavy atom. The van der Waals surface area contributed by atoms with E-state index in [4.69, 9.17) is 0 Å². The molecule has 1 fully saturated rings. The Morgan fingerprint density at radius 3 is 2.30 bits per heavy atom. The normalized spacial score (nSPS) is 14.8. The van der Waals surface area contributed by atoms with Crippen molar-refractivity contribution in [1.29, 1.82) is 0 Å². The highest BCUT2D eigenvalue weighted by atomic mass is 16.2. The average Bonchev–Trinajstić information content (AvgIpc) is 3.23. The molecule has 20 heavy (non-hydrogen) atoms. The van der Waals surface area contributed by atoms with Crippen LogP contribution in [-0.4, -0.2) is 17.4 Å². The molecular formula is C16H22N2O2. The Balaban J connectivity index is 1.96. The van der Waals surface area contributed by atoms with Crippen LogP contribution in [0.25, 0.3) is 0 Å². The molecule has 1 aromatic carbocycles. The van der Waals surface area contributed by atoms with Crippen LogP contribution in [0, 0.1) is 5.92 Å². The number of carbonyl (C=O) groups is 2. The SMILES string of the molecule is CCC(C)(C)NC(=O)c1ccc(NC(=O)C2CC2)cc1. The first kappa shape index (κ1) is 14.6. The standard InChI is InChI=1S/C16H22N2O2/c1-4-16(2,3)18-15(20)12-7-9-13(10-8-12)17-14(19)11-5-6-11/h7-11H,4-6H2,1-3H3,(H,17,19)(H,18,20). The molecule has 1 saturated carbocycles. The van der Waals surface area contributed by atoms with Gasteiger partial charge in [-0.1, -0.05) is 6.92 Å².